The number of nitrogens with one attached hydrogen (secondary N) is 1. The van der Waals surface area contributed by atoms with Gasteiger partial charge in [-0.05, 0) is 48.0 Å². The van der Waals surface area contributed by atoms with Gasteiger partial charge >= 0.3 is 0 Å². The molecule has 0 aliphatic carbocycles. The topological polar surface area (TPSA) is 95.1 Å². The monoisotopic (exact) mass is 560 g/mol. The van der Waals surface area contributed by atoms with Crippen LogP contribution in [0, 0.1) is 0 Å². The Bertz CT molecular complexity index is 1730. The molecule has 0 spiro atoms. The molecule has 0 amide bonds. The van der Waals surface area contributed by atoms with Gasteiger partial charge in [-0.15, -0.1) is 0 Å². The number of sulfone groups is 1. The summed E-state index contributed by atoms with van der Waals surface area (Å²) in [6.07, 6.45) is 4.68. The van der Waals surface area contributed by atoms with Gasteiger partial charge in [-0.3, -0.25) is 5.10 Å². The Balaban J connectivity index is 0.00000308. The van der Waals surface area contributed by atoms with Crippen LogP contribution in [0.3, 0.4) is 0 Å². The van der Waals surface area contributed by atoms with Gasteiger partial charge < -0.3 is 9.80 Å². The number of benzene rings is 3. The molecule has 0 saturated carbocycles. The molecule has 3 heterocycles. The van der Waals surface area contributed by atoms with Crippen LogP contribution in [0.1, 0.15) is 7.43 Å². The molecule has 0 bridgehead atoms. The highest BCUT2D eigenvalue weighted by molar-refractivity contribution is 7.90. The van der Waals surface area contributed by atoms with Gasteiger partial charge in [0.25, 0.3) is 0 Å². The van der Waals surface area contributed by atoms with Crippen molar-refractivity contribution in [1.29, 1.82) is 0 Å². The normalized spacial score (nSPS) is 13.9. The number of fused-ring (bicyclic) bond motifs is 1. The Labute approximate surface area is 233 Å². The Hall–Kier alpha value is -3.95. The molecule has 0 unspecified atom stereocenters. The Morgan fingerprint density at radius 3 is 2.33 bits per heavy atom. The van der Waals surface area contributed by atoms with Crippen molar-refractivity contribution >= 4 is 43.8 Å². The van der Waals surface area contributed by atoms with Crippen LogP contribution in [-0.2, 0) is 9.84 Å². The average Bonchev–Trinajstić information content (AvgIpc) is 3.43. The maximum absolute atomic E-state index is 12.0. The molecule has 1 saturated heterocycles. The zero-order valence-corrected chi connectivity index (χ0v) is 22.2. The predicted molar refractivity (Wildman–Crippen MR) is 158 cm³/mol. The summed E-state index contributed by atoms with van der Waals surface area (Å²) >= 11 is 6.08. The molecule has 0 atom stereocenters. The third-order valence-electron chi connectivity index (χ3n) is 6.89. The first-order chi connectivity index (χ1) is 18.4. The van der Waals surface area contributed by atoms with E-state index < -0.39 is 9.84 Å². The van der Waals surface area contributed by atoms with E-state index >= 15 is 0 Å². The van der Waals surface area contributed by atoms with Crippen LogP contribution in [0.5, 0.6) is 0 Å². The van der Waals surface area contributed by atoms with E-state index in [2.05, 4.69) is 42.1 Å². The Morgan fingerprint density at radius 2 is 1.59 bits per heavy atom. The molecular formula is C29H29ClN6O2S. The summed E-state index contributed by atoms with van der Waals surface area (Å²) < 4.78 is 24.0. The molecule has 8 nitrogen and oxygen atoms in total. The molecule has 3 aromatic carbocycles. The minimum Gasteiger partial charge on any atom is -0.368 e. The molecular weight excluding hydrogens is 532 g/mol. The van der Waals surface area contributed by atoms with Gasteiger partial charge in [-0.1, -0.05) is 43.3 Å². The van der Waals surface area contributed by atoms with E-state index in [1.54, 1.807) is 24.5 Å². The SMILES string of the molecule is C.CS(=O)(=O)c1cccc(N2CCN(c3ncnc4ccc(-c5cn[nH]c5-c5ccc(Cl)cc5)cc34)CC2)c1. The van der Waals surface area contributed by atoms with Gasteiger partial charge in [0.05, 0.1) is 22.3 Å². The fourth-order valence-electron chi connectivity index (χ4n) is 4.89. The van der Waals surface area contributed by atoms with Crippen molar-refractivity contribution in [2.45, 2.75) is 12.3 Å². The minimum absolute atomic E-state index is 0. The highest BCUT2D eigenvalue weighted by Crippen LogP contribution is 2.34. The maximum Gasteiger partial charge on any atom is 0.175 e. The third kappa shape index (κ3) is 5.32. The van der Waals surface area contributed by atoms with Gasteiger partial charge in [0.2, 0.25) is 0 Å². The Morgan fingerprint density at radius 1 is 0.872 bits per heavy atom. The summed E-state index contributed by atoms with van der Waals surface area (Å²) in [7, 11) is -3.25. The number of nitrogens with zero attached hydrogens (tertiary/aromatic N) is 5. The fourth-order valence-corrected chi connectivity index (χ4v) is 5.68. The van der Waals surface area contributed by atoms with Crippen molar-refractivity contribution in [3.05, 3.63) is 84.3 Å². The summed E-state index contributed by atoms with van der Waals surface area (Å²) in [6, 6.07) is 21.0. The van der Waals surface area contributed by atoms with Crippen molar-refractivity contribution < 1.29 is 8.42 Å². The van der Waals surface area contributed by atoms with Gasteiger partial charge in [0.1, 0.15) is 12.1 Å². The second kappa shape index (κ2) is 10.7. The van der Waals surface area contributed by atoms with E-state index in [4.69, 9.17) is 11.6 Å². The molecule has 5 aromatic rings. The van der Waals surface area contributed by atoms with Crippen molar-refractivity contribution in [3.63, 3.8) is 0 Å². The van der Waals surface area contributed by atoms with Crippen LogP contribution < -0.4 is 9.80 Å². The highest BCUT2D eigenvalue weighted by Gasteiger charge is 2.22. The van der Waals surface area contributed by atoms with Gasteiger partial charge in [-0.25, -0.2) is 18.4 Å². The second-order valence-corrected chi connectivity index (χ2v) is 11.8. The van der Waals surface area contributed by atoms with Crippen LogP contribution in [0.25, 0.3) is 33.3 Å². The number of halogens is 1. The number of aromatic amines is 1. The van der Waals surface area contributed by atoms with Crippen molar-refractivity contribution in [2.24, 2.45) is 0 Å². The summed E-state index contributed by atoms with van der Waals surface area (Å²) in [5, 5.41) is 9.09. The van der Waals surface area contributed by atoms with Gasteiger partial charge in [0.15, 0.2) is 9.84 Å². The lowest BCUT2D eigenvalue weighted by Gasteiger charge is -2.37. The number of hydrogen-bond donors (Lipinski definition) is 1. The predicted octanol–water partition coefficient (Wildman–Crippen LogP) is 5.71. The molecule has 2 aromatic heterocycles. The summed E-state index contributed by atoms with van der Waals surface area (Å²) in [6.45, 7) is 3.00. The molecule has 39 heavy (non-hydrogen) atoms. The number of H-pyrrole nitrogens is 1. The maximum atomic E-state index is 12.0. The van der Waals surface area contributed by atoms with Crippen molar-refractivity contribution in [3.8, 4) is 22.4 Å². The molecule has 200 valence electrons. The number of anilines is 2. The van der Waals surface area contributed by atoms with Crippen LogP contribution in [0.2, 0.25) is 5.02 Å². The molecule has 1 aliphatic heterocycles. The molecule has 1 aliphatic rings. The van der Waals surface area contributed by atoms with E-state index in [0.29, 0.717) is 9.92 Å². The zero-order valence-electron chi connectivity index (χ0n) is 20.7. The number of rotatable bonds is 5. The Kier molecular flexibility index (Phi) is 7.29. The number of hydrogen-bond acceptors (Lipinski definition) is 7. The largest absolute Gasteiger partial charge is 0.368 e. The van der Waals surface area contributed by atoms with Gasteiger partial charge in [0, 0.05) is 59.7 Å². The lowest BCUT2D eigenvalue weighted by molar-refractivity contribution is 0.601. The number of piperazine rings is 1. The molecule has 10 heteroatoms. The summed E-state index contributed by atoms with van der Waals surface area (Å²) in [5.74, 6) is 0.887. The smallest absolute Gasteiger partial charge is 0.175 e. The van der Waals surface area contributed by atoms with Crippen molar-refractivity contribution in [2.75, 3.05) is 42.2 Å². The van der Waals surface area contributed by atoms with Crippen LogP contribution in [0.15, 0.2) is 84.1 Å². The molecule has 0 radical (unpaired) electrons. The van der Waals surface area contributed by atoms with Crippen LogP contribution >= 0.6 is 11.6 Å². The minimum atomic E-state index is -3.25. The average molecular weight is 561 g/mol. The lowest BCUT2D eigenvalue weighted by Crippen LogP contribution is -2.47. The van der Waals surface area contributed by atoms with Crippen LogP contribution in [-0.4, -0.2) is 61.0 Å². The molecule has 1 fully saturated rings. The summed E-state index contributed by atoms with van der Waals surface area (Å²) in [4.78, 5) is 14.0. The quantitative estimate of drug-likeness (QED) is 0.294. The third-order valence-corrected chi connectivity index (χ3v) is 8.25. The standard InChI is InChI=1S/C28H25ClN6O2S.CH4/c1-38(36,37)23-4-2-3-22(16-23)34-11-13-35(14-12-34)28-24-15-20(7-10-26(24)30-18-31-28)25-17-32-33-27(25)19-5-8-21(29)9-6-19;/h2-10,15-18H,11-14H2,1H3,(H,32,33);1H4. The highest BCUT2D eigenvalue weighted by atomic mass is 35.5. The first-order valence-electron chi connectivity index (χ1n) is 12.2. The van der Waals surface area contributed by atoms with Crippen LogP contribution in [0.4, 0.5) is 11.5 Å². The fraction of sp³-hybridized carbons (Fsp3) is 0.207. The first-order valence-corrected chi connectivity index (χ1v) is 14.5. The van der Waals surface area contributed by atoms with E-state index in [0.717, 1.165) is 71.0 Å². The zero-order chi connectivity index (χ0) is 26.3. The first kappa shape index (κ1) is 26.6. The van der Waals surface area contributed by atoms with Crippen molar-refractivity contribution in [1.82, 2.24) is 20.2 Å². The van der Waals surface area contributed by atoms with E-state index in [-0.39, 0.29) is 7.43 Å². The second-order valence-electron chi connectivity index (χ2n) is 9.34. The molecule has 1 N–H and O–H groups in total. The van der Waals surface area contributed by atoms with E-state index in [1.165, 1.54) is 6.26 Å². The van der Waals surface area contributed by atoms with E-state index in [9.17, 15) is 8.42 Å². The molecule has 6 rings (SSSR count). The van der Waals surface area contributed by atoms with E-state index in [1.807, 2.05) is 42.6 Å². The van der Waals surface area contributed by atoms with Gasteiger partial charge in [-0.2, -0.15) is 5.10 Å². The number of aromatic nitrogens is 4. The lowest BCUT2D eigenvalue weighted by atomic mass is 10.00. The summed E-state index contributed by atoms with van der Waals surface area (Å²) in [5.41, 5.74) is 5.71.